The molecule has 0 aliphatic carbocycles. The third kappa shape index (κ3) is 1.73. The fourth-order valence-corrected chi connectivity index (χ4v) is 2.56. The van der Waals surface area contributed by atoms with Crippen LogP contribution in [-0.2, 0) is 11.1 Å². The maximum atomic E-state index is 10.9. The van der Waals surface area contributed by atoms with Crippen molar-refractivity contribution in [2.45, 2.75) is 4.90 Å². The van der Waals surface area contributed by atoms with Gasteiger partial charge in [-0.25, -0.2) is 4.21 Å². The highest BCUT2D eigenvalue weighted by Crippen LogP contribution is 2.26. The third-order valence-electron chi connectivity index (χ3n) is 1.99. The molecule has 4 heteroatoms. The van der Waals surface area contributed by atoms with Gasteiger partial charge in [-0.3, -0.25) is 0 Å². The Morgan fingerprint density at radius 2 is 1.71 bits per heavy atom. The first kappa shape index (κ1) is 9.83. The molecule has 2 rings (SSSR count). The van der Waals surface area contributed by atoms with E-state index < -0.39 is 11.1 Å². The molecule has 1 N–H and O–H groups in total. The van der Waals surface area contributed by atoms with Gasteiger partial charge in [-0.15, -0.1) is 0 Å². The Hall–Kier alpha value is -0.710. The molecule has 0 saturated carbocycles. The summed E-state index contributed by atoms with van der Waals surface area (Å²) in [6.07, 6.45) is 0. The van der Waals surface area contributed by atoms with Gasteiger partial charge >= 0.3 is 0 Å². The first-order valence-electron chi connectivity index (χ1n) is 3.97. The van der Waals surface area contributed by atoms with Crippen LogP contribution in [0.3, 0.4) is 0 Å². The van der Waals surface area contributed by atoms with Crippen molar-refractivity contribution in [3.63, 3.8) is 0 Å². The number of hydrogen-bond acceptors (Lipinski definition) is 1. The molecule has 0 bridgehead atoms. The molecule has 2 nitrogen and oxygen atoms in total. The molecule has 1 atom stereocenters. The van der Waals surface area contributed by atoms with Crippen LogP contribution in [0.5, 0.6) is 0 Å². The van der Waals surface area contributed by atoms with Gasteiger partial charge in [-0.05, 0) is 38.8 Å². The van der Waals surface area contributed by atoms with Crippen molar-refractivity contribution in [1.82, 2.24) is 0 Å². The van der Waals surface area contributed by atoms with E-state index in [-0.39, 0.29) is 0 Å². The minimum atomic E-state index is -1.94. The molecule has 0 radical (unpaired) electrons. The van der Waals surface area contributed by atoms with Gasteiger partial charge in [-0.1, -0.05) is 24.3 Å². The zero-order valence-corrected chi connectivity index (χ0v) is 9.51. The largest absolute Gasteiger partial charge is 0.302 e. The van der Waals surface area contributed by atoms with Crippen LogP contribution < -0.4 is 0 Å². The monoisotopic (exact) mass is 270 g/mol. The average Bonchev–Trinajstić information content (AvgIpc) is 2.16. The van der Waals surface area contributed by atoms with Crippen LogP contribution in [-0.4, -0.2) is 8.76 Å². The maximum Gasteiger partial charge on any atom is 0.187 e. The molecule has 0 heterocycles. The Balaban J connectivity index is 2.77. The molecule has 2 aromatic rings. The van der Waals surface area contributed by atoms with Crippen LogP contribution in [0.25, 0.3) is 10.8 Å². The maximum absolute atomic E-state index is 10.9. The molecule has 0 aliphatic heterocycles. The van der Waals surface area contributed by atoms with E-state index in [0.717, 1.165) is 10.8 Å². The summed E-state index contributed by atoms with van der Waals surface area (Å²) in [4.78, 5) is 0.406. The topological polar surface area (TPSA) is 37.3 Å². The van der Waals surface area contributed by atoms with E-state index in [2.05, 4.69) is 15.9 Å². The van der Waals surface area contributed by atoms with Crippen LogP contribution in [0.15, 0.2) is 45.8 Å². The van der Waals surface area contributed by atoms with Crippen molar-refractivity contribution in [2.75, 3.05) is 0 Å². The molecule has 0 spiro atoms. The van der Waals surface area contributed by atoms with Crippen molar-refractivity contribution in [3.8, 4) is 0 Å². The average molecular weight is 271 g/mol. The number of fused-ring (bicyclic) bond motifs is 1. The SMILES string of the molecule is O=S(O)c1cc2ccccc2cc1Br. The molecular weight excluding hydrogens is 264 g/mol. The van der Waals surface area contributed by atoms with Gasteiger partial charge < -0.3 is 4.55 Å². The zero-order valence-electron chi connectivity index (χ0n) is 7.11. The van der Waals surface area contributed by atoms with Crippen molar-refractivity contribution in [2.24, 2.45) is 0 Å². The second-order valence-corrected chi connectivity index (χ2v) is 4.67. The van der Waals surface area contributed by atoms with Crippen molar-refractivity contribution in [3.05, 3.63) is 40.9 Å². The Kier molecular flexibility index (Phi) is 2.67. The highest BCUT2D eigenvalue weighted by molar-refractivity contribution is 9.10. The molecule has 1 unspecified atom stereocenters. The molecule has 2 aromatic carbocycles. The predicted octanol–water partition coefficient (Wildman–Crippen LogP) is 3.18. The summed E-state index contributed by atoms with van der Waals surface area (Å²) in [5, 5.41) is 2.02. The lowest BCUT2D eigenvalue weighted by Crippen LogP contribution is -1.89. The zero-order chi connectivity index (χ0) is 10.1. The number of rotatable bonds is 1. The Morgan fingerprint density at radius 3 is 2.29 bits per heavy atom. The lowest BCUT2D eigenvalue weighted by molar-refractivity contribution is 0.564. The van der Waals surface area contributed by atoms with E-state index in [1.165, 1.54) is 0 Å². The fraction of sp³-hybridized carbons (Fsp3) is 0. The van der Waals surface area contributed by atoms with Gasteiger partial charge in [0.05, 0.1) is 4.90 Å². The van der Waals surface area contributed by atoms with E-state index in [1.54, 1.807) is 6.07 Å². The minimum Gasteiger partial charge on any atom is -0.302 e. The van der Waals surface area contributed by atoms with Crippen LogP contribution in [0, 0.1) is 0 Å². The van der Waals surface area contributed by atoms with E-state index in [1.807, 2.05) is 30.3 Å². The molecule has 0 fully saturated rings. The van der Waals surface area contributed by atoms with Crippen LogP contribution in [0.1, 0.15) is 0 Å². The normalized spacial score (nSPS) is 13.0. The van der Waals surface area contributed by atoms with Crippen LogP contribution in [0.2, 0.25) is 0 Å². The highest BCUT2D eigenvalue weighted by atomic mass is 79.9. The Morgan fingerprint density at radius 1 is 1.14 bits per heavy atom. The van der Waals surface area contributed by atoms with E-state index >= 15 is 0 Å². The number of hydrogen-bond donors (Lipinski definition) is 1. The molecule has 0 saturated heterocycles. The van der Waals surface area contributed by atoms with Gasteiger partial charge in [0.25, 0.3) is 0 Å². The van der Waals surface area contributed by atoms with E-state index in [9.17, 15) is 4.21 Å². The lowest BCUT2D eigenvalue weighted by atomic mass is 10.1. The summed E-state index contributed by atoms with van der Waals surface area (Å²) < 4.78 is 20.6. The van der Waals surface area contributed by atoms with Gasteiger partial charge in [0.1, 0.15) is 0 Å². The smallest absolute Gasteiger partial charge is 0.187 e. The number of benzene rings is 2. The van der Waals surface area contributed by atoms with Crippen molar-refractivity contribution >= 4 is 37.8 Å². The molecule has 14 heavy (non-hydrogen) atoms. The van der Waals surface area contributed by atoms with E-state index in [4.69, 9.17) is 4.55 Å². The summed E-state index contributed by atoms with van der Waals surface area (Å²) in [7, 11) is 0. The van der Waals surface area contributed by atoms with Gasteiger partial charge in [0, 0.05) is 4.47 Å². The predicted molar refractivity (Wildman–Crippen MR) is 60.7 cm³/mol. The summed E-state index contributed by atoms with van der Waals surface area (Å²) >= 11 is 1.32. The van der Waals surface area contributed by atoms with Crippen molar-refractivity contribution < 1.29 is 8.76 Å². The van der Waals surface area contributed by atoms with Gasteiger partial charge in [-0.2, -0.15) is 0 Å². The van der Waals surface area contributed by atoms with Crippen LogP contribution in [0.4, 0.5) is 0 Å². The molecule has 0 aromatic heterocycles. The summed E-state index contributed by atoms with van der Waals surface area (Å²) in [6, 6.07) is 11.3. The Labute approximate surface area is 92.4 Å². The molecule has 0 aliphatic rings. The quantitative estimate of drug-likeness (QED) is 0.809. The van der Waals surface area contributed by atoms with Gasteiger partial charge in [0.15, 0.2) is 11.1 Å². The minimum absolute atomic E-state index is 0.406. The standard InChI is InChI=1S/C10H7BrO2S/c11-9-5-7-3-1-2-4-8(7)6-10(9)14(12)13/h1-6H,(H,12,13). The van der Waals surface area contributed by atoms with Gasteiger partial charge in [0.2, 0.25) is 0 Å². The third-order valence-corrected chi connectivity index (χ3v) is 3.62. The van der Waals surface area contributed by atoms with E-state index in [0.29, 0.717) is 9.37 Å². The summed E-state index contributed by atoms with van der Waals surface area (Å²) in [6.45, 7) is 0. The highest BCUT2D eigenvalue weighted by Gasteiger charge is 2.06. The Bertz CT molecular complexity index is 510. The summed E-state index contributed by atoms with van der Waals surface area (Å²) in [5.41, 5.74) is 0. The molecule has 0 amide bonds. The fourth-order valence-electron chi connectivity index (χ4n) is 1.33. The molecular formula is C10H7BrO2S. The van der Waals surface area contributed by atoms with Crippen molar-refractivity contribution in [1.29, 1.82) is 0 Å². The van der Waals surface area contributed by atoms with Crippen LogP contribution >= 0.6 is 15.9 Å². The number of halogens is 1. The second-order valence-electron chi connectivity index (χ2n) is 2.88. The second kappa shape index (κ2) is 3.81. The summed E-state index contributed by atoms with van der Waals surface area (Å²) in [5.74, 6) is 0. The first-order chi connectivity index (χ1) is 6.68. The lowest BCUT2D eigenvalue weighted by Gasteiger charge is -2.02. The first-order valence-corrected chi connectivity index (χ1v) is 5.87. The molecule has 72 valence electrons.